The monoisotopic (exact) mass is 434 g/mol. The van der Waals surface area contributed by atoms with E-state index in [9.17, 15) is 9.59 Å². The lowest BCUT2D eigenvalue weighted by molar-refractivity contribution is -0.000729. The van der Waals surface area contributed by atoms with E-state index in [4.69, 9.17) is 9.47 Å². The van der Waals surface area contributed by atoms with E-state index in [-0.39, 0.29) is 25.8 Å². The lowest BCUT2D eigenvalue weighted by atomic mass is 9.75. The molecular formula is C26H30N2O4. The maximum Gasteiger partial charge on any atom is 0.419 e. The molecule has 2 amide bonds. The van der Waals surface area contributed by atoms with Crippen LogP contribution in [0.4, 0.5) is 9.59 Å². The van der Waals surface area contributed by atoms with Crippen molar-refractivity contribution in [2.45, 2.75) is 32.1 Å². The Morgan fingerprint density at radius 2 is 1.53 bits per heavy atom. The Morgan fingerprint density at radius 1 is 0.969 bits per heavy atom. The topological polar surface area (TPSA) is 59.1 Å². The predicted molar refractivity (Wildman–Crippen MR) is 122 cm³/mol. The maximum atomic E-state index is 12.9. The van der Waals surface area contributed by atoms with Gasteiger partial charge in [-0.25, -0.2) is 14.5 Å². The van der Waals surface area contributed by atoms with E-state index in [0.717, 1.165) is 42.0 Å². The van der Waals surface area contributed by atoms with Crippen LogP contribution in [0.5, 0.6) is 0 Å². The zero-order chi connectivity index (χ0) is 22.3. The van der Waals surface area contributed by atoms with Gasteiger partial charge in [-0.1, -0.05) is 66.7 Å². The number of amides is 2. The van der Waals surface area contributed by atoms with Gasteiger partial charge in [0.1, 0.15) is 13.2 Å². The molecule has 2 aromatic rings. The molecule has 0 N–H and O–H groups in total. The Morgan fingerprint density at radius 3 is 2.00 bits per heavy atom. The molecule has 6 nitrogen and oxygen atoms in total. The molecule has 3 heterocycles. The lowest BCUT2D eigenvalue weighted by Gasteiger charge is -2.49. The van der Waals surface area contributed by atoms with Crippen molar-refractivity contribution in [2.75, 3.05) is 19.6 Å². The molecule has 3 fully saturated rings. The third-order valence-electron chi connectivity index (χ3n) is 6.48. The molecule has 4 atom stereocenters. The van der Waals surface area contributed by atoms with Crippen LogP contribution in [0.2, 0.25) is 0 Å². The second kappa shape index (κ2) is 10.5. The number of hydrogen-bond acceptors (Lipinski definition) is 5. The normalized spacial score (nSPS) is 23.9. The number of carbonyl (C=O) groups excluding carboxylic acids is 2. The maximum absolute atomic E-state index is 12.9. The Hall–Kier alpha value is -3.12. The quantitative estimate of drug-likeness (QED) is 0.583. The minimum atomic E-state index is -0.671. The van der Waals surface area contributed by atoms with Crippen LogP contribution in [0.15, 0.2) is 73.3 Å². The molecule has 0 spiro atoms. The number of imide groups is 1. The zero-order valence-electron chi connectivity index (χ0n) is 18.3. The summed E-state index contributed by atoms with van der Waals surface area (Å²) in [4.78, 5) is 29.4. The third kappa shape index (κ3) is 5.37. The summed E-state index contributed by atoms with van der Waals surface area (Å²) in [6.07, 6.45) is 2.76. The van der Waals surface area contributed by atoms with Crippen molar-refractivity contribution in [3.8, 4) is 0 Å². The Bertz CT molecular complexity index is 862. The minimum absolute atomic E-state index is 0.109. The number of piperidine rings is 3. The first-order chi connectivity index (χ1) is 15.6. The highest BCUT2D eigenvalue weighted by Crippen LogP contribution is 2.37. The summed E-state index contributed by atoms with van der Waals surface area (Å²) in [5.74, 6) is 1.02. The van der Waals surface area contributed by atoms with E-state index in [1.165, 1.54) is 0 Å². The summed E-state index contributed by atoms with van der Waals surface area (Å²) in [5.41, 5.74) is 1.74. The van der Waals surface area contributed by atoms with Gasteiger partial charge < -0.3 is 9.47 Å². The molecular weight excluding hydrogens is 404 g/mol. The number of rotatable bonds is 7. The molecule has 1 unspecified atom stereocenters. The number of nitrogens with zero attached hydrogens (tertiary/aromatic N) is 2. The van der Waals surface area contributed by atoms with Gasteiger partial charge in [0.05, 0.1) is 6.54 Å². The number of fused-ring (bicyclic) bond motifs is 3. The van der Waals surface area contributed by atoms with Crippen molar-refractivity contribution in [2.24, 2.45) is 11.8 Å². The molecule has 3 aliphatic rings. The van der Waals surface area contributed by atoms with Crippen LogP contribution in [-0.4, -0.2) is 47.7 Å². The Kier molecular flexibility index (Phi) is 7.22. The van der Waals surface area contributed by atoms with Crippen molar-refractivity contribution in [3.63, 3.8) is 0 Å². The molecule has 0 aromatic heterocycles. The van der Waals surface area contributed by atoms with E-state index < -0.39 is 12.2 Å². The molecule has 0 radical (unpaired) electrons. The van der Waals surface area contributed by atoms with Gasteiger partial charge >= 0.3 is 12.2 Å². The summed E-state index contributed by atoms with van der Waals surface area (Å²) >= 11 is 0. The number of ether oxygens (including phenoxy) is 2. The van der Waals surface area contributed by atoms with Crippen molar-refractivity contribution >= 4 is 12.2 Å². The lowest BCUT2D eigenvalue weighted by Crippen LogP contribution is -2.57. The summed E-state index contributed by atoms with van der Waals surface area (Å²) in [6.45, 7) is 6.35. The van der Waals surface area contributed by atoms with E-state index in [1.807, 2.05) is 66.7 Å². The first-order valence-electron chi connectivity index (χ1n) is 11.2. The van der Waals surface area contributed by atoms with Crippen molar-refractivity contribution in [1.29, 1.82) is 0 Å². The van der Waals surface area contributed by atoms with Gasteiger partial charge in [0.2, 0.25) is 0 Å². The summed E-state index contributed by atoms with van der Waals surface area (Å²) in [7, 11) is 0. The molecule has 168 valence electrons. The van der Waals surface area contributed by atoms with Gasteiger partial charge in [0.25, 0.3) is 0 Å². The highest BCUT2D eigenvalue weighted by atomic mass is 16.6. The fourth-order valence-electron chi connectivity index (χ4n) is 4.67. The van der Waals surface area contributed by atoms with Crippen LogP contribution < -0.4 is 0 Å². The summed E-state index contributed by atoms with van der Waals surface area (Å²) in [6, 6.07) is 19.0. The molecule has 0 saturated carbocycles. The predicted octanol–water partition coefficient (Wildman–Crippen LogP) is 4.86. The van der Waals surface area contributed by atoms with Crippen LogP contribution in [0.1, 0.15) is 24.0 Å². The largest absolute Gasteiger partial charge is 0.444 e. The van der Waals surface area contributed by atoms with Crippen LogP contribution in [0.3, 0.4) is 0 Å². The number of hydrogen-bond donors (Lipinski definition) is 0. The molecule has 0 aliphatic carbocycles. The molecule has 3 saturated heterocycles. The van der Waals surface area contributed by atoms with Gasteiger partial charge in [0, 0.05) is 12.6 Å². The SMILES string of the molecule is C=C[C@H]1CN2CC[C@H]1C[C@H]2CN(C(=O)OCc1ccccc1)C(=O)OCc1ccccc1. The zero-order valence-corrected chi connectivity index (χ0v) is 18.3. The van der Waals surface area contributed by atoms with E-state index in [0.29, 0.717) is 11.8 Å². The number of benzene rings is 2. The Labute approximate surface area is 189 Å². The highest BCUT2D eigenvalue weighted by Gasteiger charge is 2.41. The van der Waals surface area contributed by atoms with Crippen LogP contribution in [0.25, 0.3) is 0 Å². The minimum Gasteiger partial charge on any atom is -0.444 e. The Balaban J connectivity index is 1.42. The molecule has 32 heavy (non-hydrogen) atoms. The average Bonchev–Trinajstić information content (AvgIpc) is 2.86. The van der Waals surface area contributed by atoms with Gasteiger partial charge in [-0.05, 0) is 42.3 Å². The second-order valence-electron chi connectivity index (χ2n) is 8.52. The van der Waals surface area contributed by atoms with Crippen LogP contribution in [0, 0.1) is 11.8 Å². The van der Waals surface area contributed by atoms with Gasteiger partial charge in [-0.15, -0.1) is 6.58 Å². The van der Waals surface area contributed by atoms with E-state index in [1.54, 1.807) is 0 Å². The summed E-state index contributed by atoms with van der Waals surface area (Å²) < 4.78 is 11.0. The highest BCUT2D eigenvalue weighted by molar-refractivity contribution is 5.87. The van der Waals surface area contributed by atoms with E-state index in [2.05, 4.69) is 11.5 Å². The fourth-order valence-corrected chi connectivity index (χ4v) is 4.67. The van der Waals surface area contributed by atoms with Crippen LogP contribution >= 0.6 is 0 Å². The summed E-state index contributed by atoms with van der Waals surface area (Å²) in [5, 5.41) is 0. The molecule has 2 bridgehead atoms. The first-order valence-corrected chi connectivity index (χ1v) is 11.2. The van der Waals surface area contributed by atoms with Gasteiger partial charge in [-0.3, -0.25) is 4.90 Å². The fraction of sp³-hybridized carbons (Fsp3) is 0.385. The van der Waals surface area contributed by atoms with Gasteiger partial charge in [-0.2, -0.15) is 0 Å². The first kappa shape index (κ1) is 22.1. The molecule has 2 aromatic carbocycles. The van der Waals surface area contributed by atoms with Crippen LogP contribution in [-0.2, 0) is 22.7 Å². The van der Waals surface area contributed by atoms with Crippen molar-refractivity contribution < 1.29 is 19.1 Å². The van der Waals surface area contributed by atoms with E-state index >= 15 is 0 Å². The molecule has 3 aliphatic heterocycles. The molecule has 5 rings (SSSR count). The van der Waals surface area contributed by atoms with Crippen molar-refractivity contribution in [3.05, 3.63) is 84.4 Å². The smallest absolute Gasteiger partial charge is 0.419 e. The van der Waals surface area contributed by atoms with Gasteiger partial charge in [0.15, 0.2) is 0 Å². The second-order valence-corrected chi connectivity index (χ2v) is 8.52. The number of carbonyl (C=O) groups is 2. The third-order valence-corrected chi connectivity index (χ3v) is 6.48. The van der Waals surface area contributed by atoms with Crippen molar-refractivity contribution in [1.82, 2.24) is 9.80 Å². The average molecular weight is 435 g/mol. The standard InChI is InChI=1S/C26H30N2O4/c1-2-22-16-27-14-13-23(22)15-24(27)17-28(25(29)31-18-20-9-5-3-6-10-20)26(30)32-19-21-11-7-4-8-12-21/h2-12,22-24H,1,13-19H2/t22-,23-,24-/m0/s1. The molecule has 6 heteroatoms.